The minimum absolute atomic E-state index is 0.178. The van der Waals surface area contributed by atoms with Gasteiger partial charge >= 0.3 is 0 Å². The van der Waals surface area contributed by atoms with E-state index in [1.54, 1.807) is 24.4 Å². The zero-order valence-electron chi connectivity index (χ0n) is 10.8. The number of benzene rings is 1. The molecule has 1 aliphatic rings. The molecule has 0 unspecified atom stereocenters. The lowest BCUT2D eigenvalue weighted by molar-refractivity contribution is -0.150. The molecule has 7 heteroatoms. The number of sulfonamides is 1. The zero-order valence-corrected chi connectivity index (χ0v) is 11.6. The van der Waals surface area contributed by atoms with Gasteiger partial charge < -0.3 is 4.84 Å². The highest BCUT2D eigenvalue weighted by Crippen LogP contribution is 2.16. The third kappa shape index (κ3) is 3.69. The quantitative estimate of drug-likeness (QED) is 0.857. The molecule has 6 nitrogen and oxygen atoms in total. The Bertz CT molecular complexity index is 555. The van der Waals surface area contributed by atoms with Crippen molar-refractivity contribution in [3.8, 4) is 0 Å². The second-order valence-corrected chi connectivity index (χ2v) is 6.29. The molecule has 1 aromatic rings. The van der Waals surface area contributed by atoms with Crippen molar-refractivity contribution in [3.05, 3.63) is 42.3 Å². The van der Waals surface area contributed by atoms with Crippen molar-refractivity contribution in [1.29, 1.82) is 0 Å². The fourth-order valence-corrected chi connectivity index (χ4v) is 2.53. The standard InChI is InChI=1S/C12H17N3O3S/c1-10(2)8-11-9-13-15(18-11)14-19(16,17)12-6-4-3-5-7-12/h3-7,9-10,13-14H,8H2,1-2H3. The molecule has 0 amide bonds. The maximum Gasteiger partial charge on any atom is 0.257 e. The second-order valence-electron chi connectivity index (χ2n) is 4.63. The Morgan fingerprint density at radius 2 is 2.00 bits per heavy atom. The summed E-state index contributed by atoms with van der Waals surface area (Å²) in [5, 5.41) is 0.986. The Kier molecular flexibility index (Phi) is 4.08. The van der Waals surface area contributed by atoms with Crippen LogP contribution in [-0.4, -0.2) is 13.7 Å². The molecule has 1 aromatic carbocycles. The molecule has 0 spiro atoms. The predicted octanol–water partition coefficient (Wildman–Crippen LogP) is 1.52. The van der Waals surface area contributed by atoms with Crippen LogP contribution in [0, 0.1) is 5.92 Å². The van der Waals surface area contributed by atoms with E-state index in [2.05, 4.69) is 24.1 Å². The summed E-state index contributed by atoms with van der Waals surface area (Å²) in [6.45, 7) is 4.11. The number of hydrogen-bond acceptors (Lipinski definition) is 5. The van der Waals surface area contributed by atoms with E-state index in [0.717, 1.165) is 11.7 Å². The van der Waals surface area contributed by atoms with Crippen molar-refractivity contribution in [2.45, 2.75) is 25.2 Å². The van der Waals surface area contributed by atoms with Crippen LogP contribution < -0.4 is 10.3 Å². The lowest BCUT2D eigenvalue weighted by Gasteiger charge is -2.17. The molecule has 0 aliphatic carbocycles. The van der Waals surface area contributed by atoms with E-state index in [-0.39, 0.29) is 4.90 Å². The highest BCUT2D eigenvalue weighted by Gasteiger charge is 2.23. The topological polar surface area (TPSA) is 70.7 Å². The van der Waals surface area contributed by atoms with E-state index < -0.39 is 10.0 Å². The van der Waals surface area contributed by atoms with Crippen molar-refractivity contribution in [2.75, 3.05) is 0 Å². The number of hydrogen-bond donors (Lipinski definition) is 2. The number of hydrazine groups is 2. The third-order valence-electron chi connectivity index (χ3n) is 2.42. The Morgan fingerprint density at radius 3 is 2.63 bits per heavy atom. The minimum atomic E-state index is -3.64. The SMILES string of the molecule is CC(C)CC1=CNN(NS(=O)(=O)c2ccccc2)O1. The largest absolute Gasteiger partial charge is 0.373 e. The summed E-state index contributed by atoms with van der Waals surface area (Å²) >= 11 is 0. The molecule has 0 saturated carbocycles. The van der Waals surface area contributed by atoms with Crippen molar-refractivity contribution in [2.24, 2.45) is 5.92 Å². The first-order valence-electron chi connectivity index (χ1n) is 5.98. The molecule has 2 rings (SSSR count). The van der Waals surface area contributed by atoms with Crippen LogP contribution in [0.2, 0.25) is 0 Å². The molecule has 2 N–H and O–H groups in total. The molecule has 1 heterocycles. The molecule has 0 saturated heterocycles. The van der Waals surface area contributed by atoms with Crippen LogP contribution in [0.5, 0.6) is 0 Å². The van der Waals surface area contributed by atoms with Crippen LogP contribution in [0.4, 0.5) is 0 Å². The van der Waals surface area contributed by atoms with E-state index >= 15 is 0 Å². The highest BCUT2D eigenvalue weighted by atomic mass is 32.2. The molecule has 0 fully saturated rings. The Labute approximate surface area is 113 Å². The first-order valence-corrected chi connectivity index (χ1v) is 7.46. The average molecular weight is 283 g/mol. The Morgan fingerprint density at radius 1 is 1.32 bits per heavy atom. The van der Waals surface area contributed by atoms with Crippen LogP contribution in [0.3, 0.4) is 0 Å². The fraction of sp³-hybridized carbons (Fsp3) is 0.333. The highest BCUT2D eigenvalue weighted by molar-refractivity contribution is 7.89. The molecular formula is C12H17N3O3S. The van der Waals surface area contributed by atoms with Crippen molar-refractivity contribution >= 4 is 10.0 Å². The van der Waals surface area contributed by atoms with Crippen molar-refractivity contribution in [3.63, 3.8) is 0 Å². The molecular weight excluding hydrogens is 266 g/mol. The van der Waals surface area contributed by atoms with Gasteiger partial charge in [0.1, 0.15) is 5.76 Å². The van der Waals surface area contributed by atoms with Gasteiger partial charge in [0.05, 0.1) is 11.1 Å². The zero-order chi connectivity index (χ0) is 13.9. The predicted molar refractivity (Wildman–Crippen MR) is 70.4 cm³/mol. The molecule has 1 aliphatic heterocycles. The maximum atomic E-state index is 12.0. The van der Waals surface area contributed by atoms with Gasteiger partial charge in [-0.25, -0.2) is 8.42 Å². The summed E-state index contributed by atoms with van der Waals surface area (Å²) in [5.74, 6) is 1.12. The van der Waals surface area contributed by atoms with Crippen LogP contribution in [-0.2, 0) is 14.9 Å². The maximum absolute atomic E-state index is 12.0. The Hall–Kier alpha value is -1.57. The van der Waals surface area contributed by atoms with Crippen molar-refractivity contribution in [1.82, 2.24) is 15.5 Å². The summed E-state index contributed by atoms with van der Waals surface area (Å²) < 4.78 is 24.0. The number of nitrogens with zero attached hydrogens (tertiary/aromatic N) is 1. The van der Waals surface area contributed by atoms with Gasteiger partial charge in [0, 0.05) is 11.7 Å². The van der Waals surface area contributed by atoms with E-state index in [9.17, 15) is 8.42 Å². The van der Waals surface area contributed by atoms with Crippen LogP contribution >= 0.6 is 0 Å². The first kappa shape index (κ1) is 13.9. The summed E-state index contributed by atoms with van der Waals surface area (Å²) in [7, 11) is -3.64. The van der Waals surface area contributed by atoms with Crippen LogP contribution in [0.15, 0.2) is 47.2 Å². The van der Waals surface area contributed by atoms with E-state index in [1.165, 1.54) is 12.1 Å². The Balaban J connectivity index is 1.97. The van der Waals surface area contributed by atoms with E-state index in [1.807, 2.05) is 0 Å². The number of rotatable bonds is 5. The lowest BCUT2D eigenvalue weighted by atomic mass is 10.1. The molecule has 104 valence electrons. The summed E-state index contributed by atoms with van der Waals surface area (Å²) in [6.07, 6.45) is 2.37. The van der Waals surface area contributed by atoms with Gasteiger partial charge in [0.25, 0.3) is 10.0 Å². The van der Waals surface area contributed by atoms with Gasteiger partial charge in [-0.05, 0) is 18.1 Å². The monoisotopic (exact) mass is 283 g/mol. The van der Waals surface area contributed by atoms with Crippen LogP contribution in [0.1, 0.15) is 20.3 Å². The third-order valence-corrected chi connectivity index (χ3v) is 3.72. The van der Waals surface area contributed by atoms with Gasteiger partial charge in [0.15, 0.2) is 0 Å². The summed E-state index contributed by atoms with van der Waals surface area (Å²) in [6, 6.07) is 8.11. The second kappa shape index (κ2) is 5.60. The van der Waals surface area contributed by atoms with Gasteiger partial charge in [0.2, 0.25) is 0 Å². The van der Waals surface area contributed by atoms with E-state index in [4.69, 9.17) is 4.84 Å². The van der Waals surface area contributed by atoms with Gasteiger partial charge in [-0.15, -0.1) is 0 Å². The smallest absolute Gasteiger partial charge is 0.257 e. The van der Waals surface area contributed by atoms with Crippen LogP contribution in [0.25, 0.3) is 0 Å². The molecule has 0 aromatic heterocycles. The van der Waals surface area contributed by atoms with Gasteiger partial charge in [-0.1, -0.05) is 36.9 Å². The summed E-state index contributed by atoms with van der Waals surface area (Å²) in [5.41, 5.74) is 2.70. The van der Waals surface area contributed by atoms with Gasteiger partial charge in [-0.3, -0.25) is 5.43 Å². The van der Waals surface area contributed by atoms with E-state index in [0.29, 0.717) is 11.7 Å². The fourth-order valence-electron chi connectivity index (χ4n) is 1.61. The molecule has 0 radical (unpaired) electrons. The molecule has 0 atom stereocenters. The van der Waals surface area contributed by atoms with Crippen molar-refractivity contribution < 1.29 is 13.3 Å². The first-order chi connectivity index (χ1) is 8.97. The normalized spacial score (nSPS) is 16.1. The minimum Gasteiger partial charge on any atom is -0.373 e. The number of nitrogens with one attached hydrogen (secondary N) is 2. The number of allylic oxidation sites excluding steroid dienone is 1. The average Bonchev–Trinajstić information content (AvgIpc) is 2.76. The molecule has 19 heavy (non-hydrogen) atoms. The lowest BCUT2D eigenvalue weighted by Crippen LogP contribution is -2.45. The summed E-state index contributed by atoms with van der Waals surface area (Å²) in [4.78, 5) is 7.80. The van der Waals surface area contributed by atoms with Gasteiger partial charge in [-0.2, -0.15) is 0 Å². The molecule has 0 bridgehead atoms.